The first-order chi connectivity index (χ1) is 12.4. The molecule has 26 heavy (non-hydrogen) atoms. The molecule has 0 saturated heterocycles. The lowest BCUT2D eigenvalue weighted by Crippen LogP contribution is -2.29. The zero-order chi connectivity index (χ0) is 19.3. The Bertz CT molecular complexity index is 853. The van der Waals surface area contributed by atoms with E-state index in [9.17, 15) is 8.78 Å². The number of hydrogen-bond acceptors (Lipinski definition) is 7. The number of aliphatic imine (C=N–C) groups is 1. The van der Waals surface area contributed by atoms with Gasteiger partial charge in [0.25, 0.3) is 0 Å². The van der Waals surface area contributed by atoms with Crippen LogP contribution in [0.4, 0.5) is 14.6 Å². The molecule has 0 atom stereocenters. The Balaban J connectivity index is 2.27. The quantitative estimate of drug-likeness (QED) is 0.453. The van der Waals surface area contributed by atoms with Gasteiger partial charge in [0, 0.05) is 36.4 Å². The van der Waals surface area contributed by atoms with Gasteiger partial charge in [-0.2, -0.15) is 5.26 Å². The molecule has 2 heterocycles. The van der Waals surface area contributed by atoms with Gasteiger partial charge in [0.15, 0.2) is 0 Å². The van der Waals surface area contributed by atoms with Crippen molar-refractivity contribution in [2.45, 2.75) is 26.2 Å². The average Bonchev–Trinajstić information content (AvgIpc) is 2.61. The van der Waals surface area contributed by atoms with Crippen LogP contribution in [0, 0.1) is 16.7 Å². The Morgan fingerprint density at radius 1 is 1.46 bits per heavy atom. The van der Waals surface area contributed by atoms with Crippen LogP contribution in [0.1, 0.15) is 24.6 Å². The zero-order valence-corrected chi connectivity index (χ0v) is 13.9. The number of halogens is 2. The molecule has 10 heteroatoms. The highest BCUT2D eigenvalue weighted by Gasteiger charge is 2.23. The number of dihydropyridines is 1. The molecule has 5 N–H and O–H groups in total. The van der Waals surface area contributed by atoms with Gasteiger partial charge < -0.3 is 16.3 Å². The van der Waals surface area contributed by atoms with Crippen LogP contribution in [0.5, 0.6) is 0 Å². The number of pyridine rings is 1. The van der Waals surface area contributed by atoms with Crippen molar-refractivity contribution in [3.8, 4) is 6.07 Å². The van der Waals surface area contributed by atoms with E-state index in [0.29, 0.717) is 17.0 Å². The molecule has 0 saturated carbocycles. The van der Waals surface area contributed by atoms with E-state index in [2.05, 4.69) is 20.4 Å². The number of rotatable bonds is 6. The predicted octanol–water partition coefficient (Wildman–Crippen LogP) is 2.06. The van der Waals surface area contributed by atoms with Crippen LogP contribution in [0.2, 0.25) is 0 Å². The van der Waals surface area contributed by atoms with Gasteiger partial charge in [-0.3, -0.25) is 5.41 Å². The summed E-state index contributed by atoms with van der Waals surface area (Å²) in [5.41, 5.74) is 7.63. The van der Waals surface area contributed by atoms with Crippen LogP contribution in [-0.4, -0.2) is 40.4 Å². The Labute approximate surface area is 148 Å². The lowest BCUT2D eigenvalue weighted by atomic mass is 9.97. The molecule has 0 fully saturated rings. The highest BCUT2D eigenvalue weighted by atomic mass is 19.3. The van der Waals surface area contributed by atoms with Crippen molar-refractivity contribution in [2.24, 2.45) is 15.9 Å². The fraction of sp³-hybridized carbons (Fsp3) is 0.312. The molecule has 0 radical (unpaired) electrons. The first-order valence-corrected chi connectivity index (χ1v) is 7.65. The molecule has 0 aromatic carbocycles. The van der Waals surface area contributed by atoms with Crippen molar-refractivity contribution >= 4 is 23.1 Å². The van der Waals surface area contributed by atoms with Crippen molar-refractivity contribution in [2.75, 3.05) is 11.9 Å². The predicted molar refractivity (Wildman–Crippen MR) is 93.0 cm³/mol. The van der Waals surface area contributed by atoms with Crippen LogP contribution < -0.4 is 11.1 Å². The van der Waals surface area contributed by atoms with Gasteiger partial charge in [-0.25, -0.2) is 18.8 Å². The van der Waals surface area contributed by atoms with E-state index in [-0.39, 0.29) is 48.0 Å². The second-order valence-corrected chi connectivity index (χ2v) is 5.48. The standard InChI is InChI=1S/C16H17F2N7O/c1-8-11(13(20)14(21)16(23-8)25-26)6-10-3-2-9(7-19)15(24-10)22-5-4-12(17)18/h2-3,12,21,26H,4-6,20H2,1H3,(H,22,24)/b21-14?,25-16+. The van der Waals surface area contributed by atoms with Gasteiger partial charge in [0.2, 0.25) is 12.3 Å². The Morgan fingerprint density at radius 3 is 2.81 bits per heavy atom. The molecule has 8 nitrogen and oxygen atoms in total. The lowest BCUT2D eigenvalue weighted by molar-refractivity contribution is 0.142. The molecule has 1 aliphatic heterocycles. The number of nitriles is 1. The van der Waals surface area contributed by atoms with Gasteiger partial charge in [-0.15, -0.1) is 0 Å². The highest BCUT2D eigenvalue weighted by Crippen LogP contribution is 2.19. The minimum Gasteiger partial charge on any atom is -0.409 e. The number of nitrogens with two attached hydrogens (primary N) is 1. The van der Waals surface area contributed by atoms with Crippen molar-refractivity contribution in [1.82, 2.24) is 4.98 Å². The summed E-state index contributed by atoms with van der Waals surface area (Å²) in [6, 6.07) is 5.10. The largest absolute Gasteiger partial charge is 0.409 e. The smallest absolute Gasteiger partial charge is 0.240 e. The van der Waals surface area contributed by atoms with Crippen molar-refractivity contribution in [3.05, 3.63) is 34.7 Å². The molecule has 1 aromatic heterocycles. The molecule has 1 aliphatic rings. The number of anilines is 1. The molecule has 0 amide bonds. The molecular weight excluding hydrogens is 344 g/mol. The summed E-state index contributed by atoms with van der Waals surface area (Å²) >= 11 is 0. The SMILES string of the molecule is CC1=N/C(=N/O)C(=N)C(N)=C1Cc1ccc(C#N)c(NCCC(F)F)n1. The molecule has 0 spiro atoms. The Kier molecular flexibility index (Phi) is 5.95. The van der Waals surface area contributed by atoms with E-state index >= 15 is 0 Å². The Hall–Kier alpha value is -3.35. The van der Waals surface area contributed by atoms with E-state index in [4.69, 9.17) is 21.6 Å². The van der Waals surface area contributed by atoms with Gasteiger partial charge in [0.05, 0.1) is 11.3 Å². The van der Waals surface area contributed by atoms with Crippen molar-refractivity contribution < 1.29 is 14.0 Å². The summed E-state index contributed by atoms with van der Waals surface area (Å²) in [7, 11) is 0. The summed E-state index contributed by atoms with van der Waals surface area (Å²) in [5.74, 6) is 0.0359. The van der Waals surface area contributed by atoms with Gasteiger partial charge >= 0.3 is 0 Å². The first kappa shape index (κ1) is 19.0. The monoisotopic (exact) mass is 361 g/mol. The molecular formula is C16H17F2N7O. The summed E-state index contributed by atoms with van der Waals surface area (Å²) in [6.07, 6.45) is -2.59. The average molecular weight is 361 g/mol. The first-order valence-electron chi connectivity index (χ1n) is 7.65. The summed E-state index contributed by atoms with van der Waals surface area (Å²) in [6.45, 7) is 1.64. The molecule has 2 rings (SSSR count). The second kappa shape index (κ2) is 8.15. The molecule has 0 unspecified atom stereocenters. The van der Waals surface area contributed by atoms with Crippen LogP contribution in [0.15, 0.2) is 33.6 Å². The summed E-state index contributed by atoms with van der Waals surface area (Å²) < 4.78 is 24.6. The van der Waals surface area contributed by atoms with E-state index in [0.717, 1.165) is 0 Å². The Morgan fingerprint density at radius 2 is 2.19 bits per heavy atom. The summed E-state index contributed by atoms with van der Waals surface area (Å²) in [5, 5.41) is 31.5. The van der Waals surface area contributed by atoms with Crippen LogP contribution in [0.3, 0.4) is 0 Å². The topological polar surface area (TPSA) is 144 Å². The van der Waals surface area contributed by atoms with Crippen LogP contribution in [-0.2, 0) is 6.42 Å². The molecule has 0 aliphatic carbocycles. The van der Waals surface area contributed by atoms with Crippen molar-refractivity contribution in [3.63, 3.8) is 0 Å². The lowest BCUT2D eigenvalue weighted by Gasteiger charge is -2.17. The van der Waals surface area contributed by atoms with Gasteiger partial charge in [0.1, 0.15) is 17.6 Å². The van der Waals surface area contributed by atoms with E-state index in [1.165, 1.54) is 6.07 Å². The number of aromatic nitrogens is 1. The number of amidine groups is 1. The van der Waals surface area contributed by atoms with E-state index < -0.39 is 6.43 Å². The number of nitrogens with zero attached hydrogens (tertiary/aromatic N) is 4. The van der Waals surface area contributed by atoms with E-state index in [1.807, 2.05) is 6.07 Å². The normalized spacial score (nSPS) is 16.0. The zero-order valence-electron chi connectivity index (χ0n) is 13.9. The number of alkyl halides is 2. The number of allylic oxidation sites excluding steroid dienone is 1. The minimum absolute atomic E-state index is 0.0188. The van der Waals surface area contributed by atoms with Gasteiger partial charge in [-0.05, 0) is 19.1 Å². The minimum atomic E-state index is -2.45. The second-order valence-electron chi connectivity index (χ2n) is 5.48. The summed E-state index contributed by atoms with van der Waals surface area (Å²) in [4.78, 5) is 8.30. The van der Waals surface area contributed by atoms with Gasteiger partial charge in [-0.1, -0.05) is 5.16 Å². The molecule has 1 aromatic rings. The van der Waals surface area contributed by atoms with Crippen LogP contribution >= 0.6 is 0 Å². The van der Waals surface area contributed by atoms with Crippen LogP contribution in [0.25, 0.3) is 0 Å². The fourth-order valence-corrected chi connectivity index (χ4v) is 2.35. The third kappa shape index (κ3) is 4.18. The van der Waals surface area contributed by atoms with E-state index in [1.54, 1.807) is 13.0 Å². The van der Waals surface area contributed by atoms with Crippen molar-refractivity contribution in [1.29, 1.82) is 10.7 Å². The fourth-order valence-electron chi connectivity index (χ4n) is 2.35. The molecule has 136 valence electrons. The third-order valence-electron chi connectivity index (χ3n) is 3.71. The number of oxime groups is 1. The maximum atomic E-state index is 12.3. The molecule has 0 bridgehead atoms. The highest BCUT2D eigenvalue weighted by molar-refractivity contribution is 6.50. The third-order valence-corrected chi connectivity index (χ3v) is 3.71. The maximum Gasteiger partial charge on any atom is 0.240 e. The maximum absolute atomic E-state index is 12.3. The number of hydrogen-bond donors (Lipinski definition) is 4. The number of nitrogens with one attached hydrogen (secondary N) is 2.